The predicted octanol–water partition coefficient (Wildman–Crippen LogP) is 1.77. The van der Waals surface area contributed by atoms with Crippen LogP contribution in [0.25, 0.3) is 0 Å². The number of carbonyl (C=O) groups is 1. The lowest BCUT2D eigenvalue weighted by molar-refractivity contribution is 0.0124. The van der Waals surface area contributed by atoms with Crippen LogP contribution < -0.4 is 5.32 Å². The highest BCUT2D eigenvalue weighted by atomic mass is 16.6. The lowest BCUT2D eigenvalue weighted by Crippen LogP contribution is -2.54. The Hall–Kier alpha value is -1.03. The fraction of sp³-hybridized carbons (Fsp3) is 0.750. The van der Waals surface area contributed by atoms with Gasteiger partial charge in [-0.05, 0) is 27.2 Å². The highest BCUT2D eigenvalue weighted by Gasteiger charge is 2.29. The monoisotopic (exact) mass is 226 g/mol. The molecule has 0 aromatic heterocycles. The first-order valence-electron chi connectivity index (χ1n) is 5.75. The first kappa shape index (κ1) is 13.0. The van der Waals surface area contributed by atoms with Gasteiger partial charge in [0.25, 0.3) is 0 Å². The second-order valence-electron chi connectivity index (χ2n) is 5.06. The summed E-state index contributed by atoms with van der Waals surface area (Å²) in [5.74, 6) is 0. The van der Waals surface area contributed by atoms with E-state index in [1.54, 1.807) is 4.90 Å². The lowest BCUT2D eigenvalue weighted by Gasteiger charge is -2.36. The Morgan fingerprint density at radius 2 is 2.31 bits per heavy atom. The van der Waals surface area contributed by atoms with Crippen molar-refractivity contribution < 1.29 is 9.53 Å². The molecule has 0 aromatic carbocycles. The van der Waals surface area contributed by atoms with Gasteiger partial charge in [-0.25, -0.2) is 4.79 Å². The molecule has 0 aliphatic carbocycles. The van der Waals surface area contributed by atoms with Crippen LogP contribution in [0.3, 0.4) is 0 Å². The normalized spacial score (nSPS) is 21.7. The number of ether oxygens (including phenoxy) is 1. The van der Waals surface area contributed by atoms with Gasteiger partial charge in [-0.3, -0.25) is 0 Å². The first-order valence-corrected chi connectivity index (χ1v) is 5.75. The summed E-state index contributed by atoms with van der Waals surface area (Å²) in [4.78, 5) is 13.7. The van der Waals surface area contributed by atoms with Crippen molar-refractivity contribution in [2.45, 2.75) is 38.8 Å². The zero-order valence-corrected chi connectivity index (χ0v) is 10.5. The molecule has 0 saturated carbocycles. The van der Waals surface area contributed by atoms with Crippen LogP contribution >= 0.6 is 0 Å². The van der Waals surface area contributed by atoms with E-state index in [9.17, 15) is 4.79 Å². The van der Waals surface area contributed by atoms with Crippen LogP contribution in [-0.4, -0.2) is 42.3 Å². The molecule has 1 aliphatic rings. The van der Waals surface area contributed by atoms with Crippen molar-refractivity contribution in [3.05, 3.63) is 12.7 Å². The van der Waals surface area contributed by atoms with E-state index in [1.165, 1.54) is 0 Å². The third kappa shape index (κ3) is 3.85. The molecule has 1 saturated heterocycles. The van der Waals surface area contributed by atoms with Crippen LogP contribution in [0.4, 0.5) is 4.79 Å². The average Bonchev–Trinajstić information content (AvgIpc) is 2.16. The second kappa shape index (κ2) is 5.34. The predicted molar refractivity (Wildman–Crippen MR) is 64.4 cm³/mol. The summed E-state index contributed by atoms with van der Waals surface area (Å²) < 4.78 is 5.38. The van der Waals surface area contributed by atoms with E-state index >= 15 is 0 Å². The molecular formula is C12H22N2O2. The molecule has 92 valence electrons. The van der Waals surface area contributed by atoms with Crippen molar-refractivity contribution in [2.75, 3.05) is 19.6 Å². The van der Waals surface area contributed by atoms with E-state index in [0.29, 0.717) is 6.54 Å². The quantitative estimate of drug-likeness (QED) is 0.730. The standard InChI is InChI=1S/C12H22N2O2/c1-5-6-10-9-13-7-8-14(10)11(15)16-12(2,3)4/h5,10,13H,1,6-9H2,2-4H3. The fourth-order valence-electron chi connectivity index (χ4n) is 1.72. The highest BCUT2D eigenvalue weighted by molar-refractivity contribution is 5.68. The molecule has 1 heterocycles. The Morgan fingerprint density at radius 3 is 2.88 bits per heavy atom. The number of rotatable bonds is 2. The molecule has 0 bridgehead atoms. The third-order valence-corrected chi connectivity index (χ3v) is 2.42. The summed E-state index contributed by atoms with van der Waals surface area (Å²) in [6, 6.07) is 0.168. The molecule has 1 amide bonds. The lowest BCUT2D eigenvalue weighted by atomic mass is 10.1. The van der Waals surface area contributed by atoms with Gasteiger partial charge in [0.1, 0.15) is 5.60 Å². The molecule has 4 nitrogen and oxygen atoms in total. The summed E-state index contributed by atoms with van der Waals surface area (Å²) in [7, 11) is 0. The van der Waals surface area contributed by atoms with E-state index < -0.39 is 5.60 Å². The zero-order valence-electron chi connectivity index (χ0n) is 10.5. The van der Waals surface area contributed by atoms with E-state index in [0.717, 1.165) is 19.5 Å². The molecule has 4 heteroatoms. The van der Waals surface area contributed by atoms with Gasteiger partial charge in [0.2, 0.25) is 0 Å². The number of piperazine rings is 1. The number of nitrogens with one attached hydrogen (secondary N) is 1. The summed E-state index contributed by atoms with van der Waals surface area (Å²) in [6.07, 6.45) is 2.42. The van der Waals surface area contributed by atoms with Gasteiger partial charge in [0.05, 0.1) is 6.04 Å². The largest absolute Gasteiger partial charge is 0.444 e. The minimum absolute atomic E-state index is 0.168. The SMILES string of the molecule is C=CCC1CNCCN1C(=O)OC(C)(C)C. The maximum Gasteiger partial charge on any atom is 0.410 e. The molecule has 0 spiro atoms. The summed E-state index contributed by atoms with van der Waals surface area (Å²) in [6.45, 7) is 11.7. The van der Waals surface area contributed by atoms with Gasteiger partial charge in [-0.1, -0.05) is 6.08 Å². The molecule has 1 N–H and O–H groups in total. The van der Waals surface area contributed by atoms with Gasteiger partial charge >= 0.3 is 6.09 Å². The van der Waals surface area contributed by atoms with Gasteiger partial charge in [0.15, 0.2) is 0 Å². The van der Waals surface area contributed by atoms with E-state index in [2.05, 4.69) is 11.9 Å². The maximum absolute atomic E-state index is 11.9. The van der Waals surface area contributed by atoms with Crippen molar-refractivity contribution in [3.63, 3.8) is 0 Å². The molecule has 1 atom stereocenters. The Morgan fingerprint density at radius 1 is 1.62 bits per heavy atom. The number of hydrogen-bond acceptors (Lipinski definition) is 3. The minimum atomic E-state index is -0.430. The smallest absolute Gasteiger partial charge is 0.410 e. The van der Waals surface area contributed by atoms with Gasteiger partial charge in [0, 0.05) is 19.6 Å². The minimum Gasteiger partial charge on any atom is -0.444 e. The van der Waals surface area contributed by atoms with Crippen molar-refractivity contribution in [1.29, 1.82) is 0 Å². The van der Waals surface area contributed by atoms with Crippen molar-refractivity contribution in [2.24, 2.45) is 0 Å². The van der Waals surface area contributed by atoms with E-state index in [4.69, 9.17) is 4.74 Å². The van der Waals surface area contributed by atoms with Gasteiger partial charge in [-0.2, -0.15) is 0 Å². The molecule has 1 fully saturated rings. The molecule has 1 unspecified atom stereocenters. The summed E-state index contributed by atoms with van der Waals surface area (Å²) in [5, 5.41) is 3.27. The summed E-state index contributed by atoms with van der Waals surface area (Å²) >= 11 is 0. The first-order chi connectivity index (χ1) is 7.44. The molecular weight excluding hydrogens is 204 g/mol. The molecule has 1 aliphatic heterocycles. The number of amides is 1. The average molecular weight is 226 g/mol. The Balaban J connectivity index is 2.60. The van der Waals surface area contributed by atoms with Crippen LogP contribution in [-0.2, 0) is 4.74 Å². The van der Waals surface area contributed by atoms with Crippen molar-refractivity contribution in [3.8, 4) is 0 Å². The van der Waals surface area contributed by atoms with Gasteiger partial charge < -0.3 is 15.0 Å². The number of carbonyl (C=O) groups excluding carboxylic acids is 1. The number of nitrogens with zero attached hydrogens (tertiary/aromatic N) is 1. The van der Waals surface area contributed by atoms with Crippen LogP contribution in [0.1, 0.15) is 27.2 Å². The Labute approximate surface area is 97.6 Å². The van der Waals surface area contributed by atoms with Crippen LogP contribution in [0, 0.1) is 0 Å². The summed E-state index contributed by atoms with van der Waals surface area (Å²) in [5.41, 5.74) is -0.430. The van der Waals surface area contributed by atoms with Crippen LogP contribution in [0.2, 0.25) is 0 Å². The molecule has 1 rings (SSSR count). The van der Waals surface area contributed by atoms with Crippen LogP contribution in [0.5, 0.6) is 0 Å². The van der Waals surface area contributed by atoms with Crippen molar-refractivity contribution >= 4 is 6.09 Å². The second-order valence-corrected chi connectivity index (χ2v) is 5.06. The number of hydrogen-bond donors (Lipinski definition) is 1. The molecule has 16 heavy (non-hydrogen) atoms. The third-order valence-electron chi connectivity index (χ3n) is 2.42. The van der Waals surface area contributed by atoms with Crippen LogP contribution in [0.15, 0.2) is 12.7 Å². The van der Waals surface area contributed by atoms with E-state index in [1.807, 2.05) is 26.8 Å². The van der Waals surface area contributed by atoms with Gasteiger partial charge in [-0.15, -0.1) is 6.58 Å². The molecule has 0 radical (unpaired) electrons. The van der Waals surface area contributed by atoms with Crippen molar-refractivity contribution in [1.82, 2.24) is 10.2 Å². The zero-order chi connectivity index (χ0) is 12.2. The topological polar surface area (TPSA) is 41.6 Å². The van der Waals surface area contributed by atoms with E-state index in [-0.39, 0.29) is 12.1 Å². The maximum atomic E-state index is 11.9. The Kier molecular flexibility index (Phi) is 4.35. The fourth-order valence-corrected chi connectivity index (χ4v) is 1.72. The Bertz CT molecular complexity index is 258. The molecule has 0 aromatic rings. The highest BCUT2D eigenvalue weighted by Crippen LogP contribution is 2.14.